The second-order valence-corrected chi connectivity index (χ2v) is 12.4. The average Bonchev–Trinajstić information content (AvgIpc) is 3.08. The van der Waals surface area contributed by atoms with E-state index in [0.717, 1.165) is 13.8 Å². The first-order valence-corrected chi connectivity index (χ1v) is 15.9. The summed E-state index contributed by atoms with van der Waals surface area (Å²) in [5, 5.41) is 128. The van der Waals surface area contributed by atoms with E-state index in [1.807, 2.05) is 0 Å². The zero-order chi connectivity index (χ0) is 37.6. The third-order valence-electron chi connectivity index (χ3n) is 8.63. The van der Waals surface area contributed by atoms with Gasteiger partial charge in [-0.2, -0.15) is 0 Å². The predicted molar refractivity (Wildman–Crippen MR) is 158 cm³/mol. The van der Waals surface area contributed by atoms with Crippen LogP contribution in [0.1, 0.15) is 20.8 Å². The van der Waals surface area contributed by atoms with Gasteiger partial charge in [-0.3, -0.25) is 9.59 Å². The van der Waals surface area contributed by atoms with Gasteiger partial charge in [-0.05, 0) is 6.92 Å². The lowest BCUT2D eigenvalue weighted by atomic mass is 9.94. The van der Waals surface area contributed by atoms with Crippen LogP contribution in [0.5, 0.6) is 0 Å². The van der Waals surface area contributed by atoms with Crippen LogP contribution in [-0.4, -0.2) is 216 Å². The summed E-state index contributed by atoms with van der Waals surface area (Å²) in [6.45, 7) is -0.283. The molecule has 22 nitrogen and oxygen atoms in total. The zero-order valence-corrected chi connectivity index (χ0v) is 27.4. The maximum atomic E-state index is 12.6. The number of ether oxygens (including phenoxy) is 6. The fourth-order valence-electron chi connectivity index (χ4n) is 5.88. The molecule has 19 atom stereocenters. The molecular weight excluding hydrogens is 684 g/mol. The van der Waals surface area contributed by atoms with Gasteiger partial charge in [0.25, 0.3) is 0 Å². The number of aliphatic hydroxyl groups excluding tert-OH is 12. The number of hydrogen-bond acceptors (Lipinski definition) is 20. The van der Waals surface area contributed by atoms with Crippen molar-refractivity contribution in [1.29, 1.82) is 0 Å². The van der Waals surface area contributed by atoms with E-state index in [0.29, 0.717) is 0 Å². The van der Waals surface area contributed by atoms with Gasteiger partial charge in [0.15, 0.2) is 18.9 Å². The van der Waals surface area contributed by atoms with Gasteiger partial charge < -0.3 is 100 Å². The lowest BCUT2D eigenvalue weighted by molar-refractivity contribution is -0.377. The van der Waals surface area contributed by atoms with E-state index in [1.54, 1.807) is 0 Å². The first-order valence-electron chi connectivity index (χ1n) is 15.9. The molecule has 3 fully saturated rings. The molecule has 3 rings (SSSR count). The van der Waals surface area contributed by atoms with Crippen LogP contribution in [0.3, 0.4) is 0 Å². The molecule has 0 aromatic carbocycles. The van der Waals surface area contributed by atoms with Gasteiger partial charge in [-0.1, -0.05) is 0 Å². The Hall–Kier alpha value is -1.78. The maximum Gasteiger partial charge on any atom is 0.217 e. The molecular formula is C28H50N2O20. The van der Waals surface area contributed by atoms with E-state index in [-0.39, 0.29) is 0 Å². The standard InChI is InChI=1S/C28H50N2O20/c1-8-16(38)19(41)21(43)27(45-8)49-24-14(7-34)47-26(48-23(17(39)12(37)5-32)11(4-31)29-9(2)35)15(30-10(3)36)25(24)50-28-22(44)20(42)18(40)13(6-33)46-28/h8,11-28,31-34,37-44H,4-7H2,1-3H3,(H,29,35)(H,30,36)/t8-,11+,12-,13-,14-,15-,16+,17+,18+,19+,20+,21-,22-,23-,24-,25-,26+,27-,28-/m1/s1. The van der Waals surface area contributed by atoms with Gasteiger partial charge in [0, 0.05) is 13.8 Å². The van der Waals surface area contributed by atoms with Crippen LogP contribution in [0.4, 0.5) is 0 Å². The zero-order valence-electron chi connectivity index (χ0n) is 27.4. The van der Waals surface area contributed by atoms with Crippen molar-refractivity contribution in [3.05, 3.63) is 0 Å². The molecule has 0 spiro atoms. The summed E-state index contributed by atoms with van der Waals surface area (Å²) in [6, 6.07) is -3.17. The van der Waals surface area contributed by atoms with E-state index in [1.165, 1.54) is 6.92 Å². The van der Waals surface area contributed by atoms with Crippen LogP contribution in [0.15, 0.2) is 0 Å². The van der Waals surface area contributed by atoms with Gasteiger partial charge in [0.1, 0.15) is 85.4 Å². The summed E-state index contributed by atoms with van der Waals surface area (Å²) in [4.78, 5) is 24.5. The summed E-state index contributed by atoms with van der Waals surface area (Å²) < 4.78 is 34.8. The molecule has 0 unspecified atom stereocenters. The molecule has 22 heteroatoms. The Labute approximate surface area is 285 Å². The number of rotatable bonds is 15. The highest BCUT2D eigenvalue weighted by Gasteiger charge is 2.55. The van der Waals surface area contributed by atoms with Crippen molar-refractivity contribution in [3.8, 4) is 0 Å². The third kappa shape index (κ3) is 9.80. The molecule has 3 aliphatic rings. The Kier molecular flexibility index (Phi) is 16.0. The van der Waals surface area contributed by atoms with Crippen molar-refractivity contribution >= 4 is 11.8 Å². The van der Waals surface area contributed by atoms with Crippen LogP contribution in [0, 0.1) is 0 Å². The van der Waals surface area contributed by atoms with Gasteiger partial charge >= 0.3 is 0 Å². The van der Waals surface area contributed by atoms with Crippen LogP contribution < -0.4 is 10.6 Å². The predicted octanol–water partition coefficient (Wildman–Crippen LogP) is -8.80. The Balaban J connectivity index is 2.12. The van der Waals surface area contributed by atoms with Crippen LogP contribution >= 0.6 is 0 Å². The highest BCUT2D eigenvalue weighted by Crippen LogP contribution is 2.34. The third-order valence-corrected chi connectivity index (χ3v) is 8.63. The summed E-state index contributed by atoms with van der Waals surface area (Å²) in [5.41, 5.74) is 0. The monoisotopic (exact) mass is 734 g/mol. The largest absolute Gasteiger partial charge is 0.394 e. The maximum absolute atomic E-state index is 12.6. The van der Waals surface area contributed by atoms with Crippen molar-refractivity contribution < 1.29 is 99.3 Å². The molecule has 3 aliphatic heterocycles. The molecule has 14 N–H and O–H groups in total. The number of amides is 2. The second-order valence-electron chi connectivity index (χ2n) is 12.4. The Morgan fingerprint density at radius 1 is 0.680 bits per heavy atom. The van der Waals surface area contributed by atoms with Crippen LogP contribution in [0.2, 0.25) is 0 Å². The highest BCUT2D eigenvalue weighted by molar-refractivity contribution is 5.73. The first-order chi connectivity index (χ1) is 23.5. The fourth-order valence-corrected chi connectivity index (χ4v) is 5.88. The van der Waals surface area contributed by atoms with Crippen molar-refractivity contribution in [1.82, 2.24) is 10.6 Å². The van der Waals surface area contributed by atoms with Crippen LogP contribution in [0.25, 0.3) is 0 Å². The fraction of sp³-hybridized carbons (Fsp3) is 0.929. The van der Waals surface area contributed by atoms with Crippen LogP contribution in [-0.2, 0) is 38.0 Å². The minimum Gasteiger partial charge on any atom is -0.394 e. The molecule has 0 aromatic heterocycles. The topological polar surface area (TPSA) is 356 Å². The van der Waals surface area contributed by atoms with Crippen molar-refractivity contribution in [3.63, 3.8) is 0 Å². The first kappa shape index (κ1) is 42.6. The number of aliphatic hydroxyl groups is 12. The average molecular weight is 735 g/mol. The number of carbonyl (C=O) groups excluding carboxylic acids is 2. The second kappa shape index (κ2) is 18.8. The summed E-state index contributed by atoms with van der Waals surface area (Å²) in [5.74, 6) is -1.52. The Bertz CT molecular complexity index is 1080. The van der Waals surface area contributed by atoms with E-state index in [4.69, 9.17) is 28.4 Å². The molecule has 0 aromatic rings. The smallest absolute Gasteiger partial charge is 0.217 e. The summed E-state index contributed by atoms with van der Waals surface area (Å²) >= 11 is 0. The quantitative estimate of drug-likeness (QED) is 0.0742. The van der Waals surface area contributed by atoms with Crippen molar-refractivity contribution in [2.75, 3.05) is 26.4 Å². The van der Waals surface area contributed by atoms with Gasteiger partial charge in [0.05, 0.1) is 38.6 Å². The Morgan fingerprint density at radius 3 is 1.74 bits per heavy atom. The minimum atomic E-state index is -2.04. The summed E-state index contributed by atoms with van der Waals surface area (Å²) in [6.07, 6.45) is -30.1. The van der Waals surface area contributed by atoms with E-state index in [9.17, 15) is 70.9 Å². The molecule has 3 heterocycles. The number of carbonyl (C=O) groups is 2. The van der Waals surface area contributed by atoms with E-state index < -0.39 is 155 Å². The van der Waals surface area contributed by atoms with Crippen molar-refractivity contribution in [2.45, 2.75) is 137 Å². The molecule has 0 bridgehead atoms. The molecule has 0 aliphatic carbocycles. The summed E-state index contributed by atoms with van der Waals surface area (Å²) in [7, 11) is 0. The number of nitrogens with one attached hydrogen (secondary N) is 2. The molecule has 50 heavy (non-hydrogen) atoms. The van der Waals surface area contributed by atoms with Gasteiger partial charge in [0.2, 0.25) is 11.8 Å². The number of hydrogen-bond donors (Lipinski definition) is 14. The van der Waals surface area contributed by atoms with E-state index in [2.05, 4.69) is 10.6 Å². The highest BCUT2D eigenvalue weighted by atomic mass is 16.8. The lowest BCUT2D eigenvalue weighted by Gasteiger charge is -2.51. The molecule has 292 valence electrons. The van der Waals surface area contributed by atoms with Crippen molar-refractivity contribution in [2.24, 2.45) is 0 Å². The SMILES string of the molecule is CC(=O)N[C@H]1[C@H](O[C@@H]([C@@H](O)[C@H](O)CO)[C@H](CO)NC(C)=O)O[C@H](CO)[C@@H](O[C@H]2O[C@H](C)[C@H](O)[C@H](O)[C@H]2O)[C@@H]1O[C@H]1O[C@H](CO)[C@H](O)[C@H](O)[C@H]1O. The Morgan fingerprint density at radius 2 is 1.22 bits per heavy atom. The molecule has 0 saturated carbocycles. The molecule has 2 amide bonds. The minimum absolute atomic E-state index is 0.718. The van der Waals surface area contributed by atoms with Gasteiger partial charge in [-0.15, -0.1) is 0 Å². The van der Waals surface area contributed by atoms with E-state index >= 15 is 0 Å². The van der Waals surface area contributed by atoms with Gasteiger partial charge in [-0.25, -0.2) is 0 Å². The molecule has 0 radical (unpaired) electrons. The lowest BCUT2D eigenvalue weighted by Crippen LogP contribution is -2.70. The molecule has 3 saturated heterocycles. The normalized spacial score (nSPS) is 41.9.